The van der Waals surface area contributed by atoms with Crippen LogP contribution in [0, 0.1) is 6.42 Å². The normalized spacial score (nSPS) is 26.3. The molecule has 0 N–H and O–H groups in total. The summed E-state index contributed by atoms with van der Waals surface area (Å²) in [4.78, 5) is 0. The van der Waals surface area contributed by atoms with Crippen molar-refractivity contribution in [2.24, 2.45) is 0 Å². The molecule has 1 aliphatic rings. The van der Waals surface area contributed by atoms with Crippen molar-refractivity contribution < 1.29 is 0 Å². The number of rotatable bonds is 0. The molecule has 0 bridgehead atoms. The first-order valence-corrected chi connectivity index (χ1v) is 6.12. The molecule has 0 nitrogen and oxygen atoms in total. The third-order valence-electron chi connectivity index (χ3n) is 2.66. The molecule has 79 valence electrons. The molecule has 0 heterocycles. The zero-order valence-electron chi connectivity index (χ0n) is 9.25. The van der Waals surface area contributed by atoms with Crippen LogP contribution in [-0.2, 0) is 0 Å². The van der Waals surface area contributed by atoms with Crippen LogP contribution in [-0.4, -0.2) is 0 Å². The second kappa shape index (κ2) is 9.05. The highest BCUT2D eigenvalue weighted by Gasteiger charge is 1.91. The van der Waals surface area contributed by atoms with Crippen LogP contribution in [0.1, 0.15) is 57.8 Å². The van der Waals surface area contributed by atoms with Gasteiger partial charge in [0.25, 0.3) is 0 Å². The van der Waals surface area contributed by atoms with Gasteiger partial charge in [0.15, 0.2) is 0 Å². The van der Waals surface area contributed by atoms with Crippen LogP contribution in [0.4, 0.5) is 0 Å². The monoisotopic (exact) mass is 191 g/mol. The molecule has 0 atom stereocenters. The smallest absolute Gasteiger partial charge is 0.0169 e. The minimum Gasteiger partial charge on any atom is -0.0882 e. The van der Waals surface area contributed by atoms with Gasteiger partial charge in [-0.1, -0.05) is 43.6 Å². The maximum Gasteiger partial charge on any atom is -0.0169 e. The fraction of sp³-hybridized carbons (Fsp3) is 0.643. The van der Waals surface area contributed by atoms with Crippen molar-refractivity contribution in [3.8, 4) is 0 Å². The van der Waals surface area contributed by atoms with Crippen molar-refractivity contribution in [3.05, 3.63) is 30.7 Å². The molecule has 1 rings (SSSR count). The first-order chi connectivity index (χ1) is 7.00. The molecule has 0 aliphatic heterocycles. The van der Waals surface area contributed by atoms with E-state index >= 15 is 0 Å². The van der Waals surface area contributed by atoms with E-state index < -0.39 is 0 Å². The molecule has 0 saturated carbocycles. The second-order valence-corrected chi connectivity index (χ2v) is 4.04. The Morgan fingerprint density at radius 1 is 0.500 bits per heavy atom. The fourth-order valence-corrected chi connectivity index (χ4v) is 1.76. The molecule has 0 aromatic heterocycles. The van der Waals surface area contributed by atoms with Gasteiger partial charge in [0.05, 0.1) is 0 Å². The van der Waals surface area contributed by atoms with Gasteiger partial charge in [-0.05, 0) is 44.9 Å². The molecule has 0 spiro atoms. The van der Waals surface area contributed by atoms with E-state index in [1.165, 1.54) is 51.4 Å². The van der Waals surface area contributed by atoms with Gasteiger partial charge in [0.2, 0.25) is 0 Å². The van der Waals surface area contributed by atoms with Crippen LogP contribution in [0.15, 0.2) is 24.3 Å². The molecular weight excluding hydrogens is 168 g/mol. The molecule has 1 aliphatic carbocycles. The van der Waals surface area contributed by atoms with Crippen molar-refractivity contribution in [2.75, 3.05) is 0 Å². The molecule has 0 fully saturated rings. The minimum atomic E-state index is 1.13. The van der Waals surface area contributed by atoms with Gasteiger partial charge in [-0.25, -0.2) is 0 Å². The molecule has 0 heteroatoms. The molecule has 0 aromatic rings. The van der Waals surface area contributed by atoms with E-state index in [2.05, 4.69) is 30.7 Å². The molecular formula is C14H23. The Labute approximate surface area is 89.1 Å². The summed E-state index contributed by atoms with van der Waals surface area (Å²) in [6, 6.07) is 0. The average molecular weight is 191 g/mol. The van der Waals surface area contributed by atoms with Gasteiger partial charge in [-0.2, -0.15) is 0 Å². The van der Waals surface area contributed by atoms with Crippen LogP contribution in [0.5, 0.6) is 0 Å². The van der Waals surface area contributed by atoms with E-state index in [-0.39, 0.29) is 0 Å². The van der Waals surface area contributed by atoms with Crippen molar-refractivity contribution in [3.63, 3.8) is 0 Å². The lowest BCUT2D eigenvalue weighted by atomic mass is 10.1. The molecule has 0 unspecified atom stereocenters. The topological polar surface area (TPSA) is 0 Å². The summed E-state index contributed by atoms with van der Waals surface area (Å²) in [6.07, 6.45) is 23.5. The maximum atomic E-state index is 2.47. The first kappa shape index (κ1) is 11.6. The van der Waals surface area contributed by atoms with Crippen LogP contribution >= 0.6 is 0 Å². The molecule has 0 saturated heterocycles. The molecule has 1 radical (unpaired) electrons. The number of hydrogen-bond donors (Lipinski definition) is 0. The summed E-state index contributed by atoms with van der Waals surface area (Å²) in [5.41, 5.74) is 0. The summed E-state index contributed by atoms with van der Waals surface area (Å²) < 4.78 is 0. The van der Waals surface area contributed by atoms with Gasteiger partial charge in [-0.15, -0.1) is 0 Å². The summed E-state index contributed by atoms with van der Waals surface area (Å²) in [7, 11) is 0. The van der Waals surface area contributed by atoms with Crippen LogP contribution < -0.4 is 0 Å². The van der Waals surface area contributed by atoms with E-state index in [0.29, 0.717) is 0 Å². The fourth-order valence-electron chi connectivity index (χ4n) is 1.76. The van der Waals surface area contributed by atoms with E-state index in [9.17, 15) is 0 Å². The Morgan fingerprint density at radius 2 is 1.14 bits per heavy atom. The quantitative estimate of drug-likeness (QED) is 0.481. The van der Waals surface area contributed by atoms with Gasteiger partial charge in [0.1, 0.15) is 0 Å². The Balaban J connectivity index is 2.17. The predicted octanol–water partition coefficient (Wildman–Crippen LogP) is 4.83. The Kier molecular flexibility index (Phi) is 7.47. The Morgan fingerprint density at radius 3 is 2.00 bits per heavy atom. The number of hydrogen-bond acceptors (Lipinski definition) is 0. The summed E-state index contributed by atoms with van der Waals surface area (Å²) in [6.45, 7) is 0. The van der Waals surface area contributed by atoms with E-state index in [1.54, 1.807) is 0 Å². The minimum absolute atomic E-state index is 1.13. The molecule has 0 aromatic carbocycles. The van der Waals surface area contributed by atoms with Gasteiger partial charge in [-0.3, -0.25) is 0 Å². The van der Waals surface area contributed by atoms with Crippen LogP contribution in [0.3, 0.4) is 0 Å². The van der Waals surface area contributed by atoms with E-state index in [1.807, 2.05) is 0 Å². The second-order valence-electron chi connectivity index (χ2n) is 4.04. The highest BCUT2D eigenvalue weighted by Crippen LogP contribution is 2.10. The van der Waals surface area contributed by atoms with Crippen molar-refractivity contribution in [2.45, 2.75) is 57.8 Å². The maximum absolute atomic E-state index is 2.47. The summed E-state index contributed by atoms with van der Waals surface area (Å²) in [5, 5.41) is 0. The standard InChI is InChI=1S/C14H23/c1-2-4-6-8-10-12-14-13-11-9-7-5-3-1/h1-2,5,7,10H,3-4,6,8-9,11-14H2/b2-1+,7-5+. The Bertz CT molecular complexity index is 147. The van der Waals surface area contributed by atoms with E-state index in [4.69, 9.17) is 0 Å². The lowest BCUT2D eigenvalue weighted by Gasteiger charge is -2.00. The highest BCUT2D eigenvalue weighted by atomic mass is 14.0. The van der Waals surface area contributed by atoms with Gasteiger partial charge >= 0.3 is 0 Å². The van der Waals surface area contributed by atoms with Crippen molar-refractivity contribution >= 4 is 0 Å². The molecule has 0 amide bonds. The Hall–Kier alpha value is -0.520. The zero-order chi connectivity index (χ0) is 9.90. The first-order valence-electron chi connectivity index (χ1n) is 6.12. The zero-order valence-corrected chi connectivity index (χ0v) is 9.25. The lowest BCUT2D eigenvalue weighted by Crippen LogP contribution is -1.81. The highest BCUT2D eigenvalue weighted by molar-refractivity contribution is 4.93. The number of allylic oxidation sites excluding steroid dienone is 4. The van der Waals surface area contributed by atoms with Gasteiger partial charge < -0.3 is 0 Å². The summed E-state index contributed by atoms with van der Waals surface area (Å²) in [5.74, 6) is 0. The third-order valence-corrected chi connectivity index (χ3v) is 2.66. The molecule has 14 heavy (non-hydrogen) atoms. The summed E-state index contributed by atoms with van der Waals surface area (Å²) >= 11 is 0. The van der Waals surface area contributed by atoms with Crippen molar-refractivity contribution in [1.82, 2.24) is 0 Å². The van der Waals surface area contributed by atoms with Crippen molar-refractivity contribution in [1.29, 1.82) is 0 Å². The van der Waals surface area contributed by atoms with E-state index in [0.717, 1.165) is 6.42 Å². The predicted molar refractivity (Wildman–Crippen MR) is 64.1 cm³/mol. The lowest BCUT2D eigenvalue weighted by molar-refractivity contribution is 0.659. The van der Waals surface area contributed by atoms with Crippen LogP contribution in [0.2, 0.25) is 0 Å². The average Bonchev–Trinajstić information content (AvgIpc) is 2.22. The third kappa shape index (κ3) is 6.94. The van der Waals surface area contributed by atoms with Gasteiger partial charge in [0, 0.05) is 0 Å². The van der Waals surface area contributed by atoms with Crippen LogP contribution in [0.25, 0.3) is 0 Å². The largest absolute Gasteiger partial charge is 0.0882 e. The SMILES string of the molecule is [CH]1CCC/C=C/C/C=C/CCCCC1.